The fourth-order valence-electron chi connectivity index (χ4n) is 1.73. The number of hydrogen-bond donors (Lipinski definition) is 0. The molecule has 1 aromatic rings. The van der Waals surface area contributed by atoms with Gasteiger partial charge in [0.15, 0.2) is 0 Å². The fourth-order valence-corrected chi connectivity index (χ4v) is 1.94. The van der Waals surface area contributed by atoms with Crippen molar-refractivity contribution in [2.24, 2.45) is 0 Å². The van der Waals surface area contributed by atoms with Gasteiger partial charge in [0.2, 0.25) is 5.95 Å². The summed E-state index contributed by atoms with van der Waals surface area (Å²) in [7, 11) is 4.15. The Morgan fingerprint density at radius 1 is 1.31 bits per heavy atom. The first kappa shape index (κ1) is 13.4. The van der Waals surface area contributed by atoms with Gasteiger partial charge in [0.05, 0.1) is 4.47 Å². The van der Waals surface area contributed by atoms with E-state index in [1.54, 1.807) is 12.4 Å². The number of aromatic nitrogens is 2. The van der Waals surface area contributed by atoms with Gasteiger partial charge in [-0.2, -0.15) is 0 Å². The third-order valence-electron chi connectivity index (χ3n) is 2.37. The summed E-state index contributed by atoms with van der Waals surface area (Å²) in [5.41, 5.74) is 0. The SMILES string of the molecule is CCN(c1ncc(Br)cn1)C(C)CN(C)C. The summed E-state index contributed by atoms with van der Waals surface area (Å²) < 4.78 is 0.910. The molecule has 0 aliphatic heterocycles. The summed E-state index contributed by atoms with van der Waals surface area (Å²) in [6, 6.07) is 0.404. The lowest BCUT2D eigenvalue weighted by atomic mass is 10.3. The molecule has 16 heavy (non-hydrogen) atoms. The number of nitrogens with zero attached hydrogens (tertiary/aromatic N) is 4. The minimum atomic E-state index is 0.404. The molecule has 0 fully saturated rings. The number of hydrogen-bond acceptors (Lipinski definition) is 4. The molecule has 0 bridgehead atoms. The van der Waals surface area contributed by atoms with E-state index in [1.165, 1.54) is 0 Å². The van der Waals surface area contributed by atoms with E-state index in [0.29, 0.717) is 6.04 Å². The molecule has 0 N–H and O–H groups in total. The Balaban J connectivity index is 2.77. The fraction of sp³-hybridized carbons (Fsp3) is 0.636. The van der Waals surface area contributed by atoms with Gasteiger partial charge in [-0.15, -0.1) is 0 Å². The average molecular weight is 287 g/mol. The number of rotatable bonds is 5. The zero-order valence-electron chi connectivity index (χ0n) is 10.3. The third-order valence-corrected chi connectivity index (χ3v) is 2.78. The van der Waals surface area contributed by atoms with Crippen LogP contribution in [0.2, 0.25) is 0 Å². The third kappa shape index (κ3) is 3.72. The summed E-state index contributed by atoms with van der Waals surface area (Å²) in [6.45, 7) is 6.22. The van der Waals surface area contributed by atoms with Crippen LogP contribution in [0, 0.1) is 0 Å². The molecule has 90 valence electrons. The molecule has 0 aromatic carbocycles. The van der Waals surface area contributed by atoms with Gasteiger partial charge in [-0.25, -0.2) is 9.97 Å². The lowest BCUT2D eigenvalue weighted by Crippen LogP contribution is -2.41. The van der Waals surface area contributed by atoms with Crippen molar-refractivity contribution in [1.82, 2.24) is 14.9 Å². The van der Waals surface area contributed by atoms with Crippen molar-refractivity contribution in [1.29, 1.82) is 0 Å². The molecule has 1 rings (SSSR count). The molecule has 0 amide bonds. The molecule has 0 saturated carbocycles. The van der Waals surface area contributed by atoms with Gasteiger partial charge in [-0.3, -0.25) is 0 Å². The molecular weight excluding hydrogens is 268 g/mol. The minimum Gasteiger partial charge on any atom is -0.337 e. The second kappa shape index (κ2) is 6.15. The maximum Gasteiger partial charge on any atom is 0.225 e. The van der Waals surface area contributed by atoms with Crippen LogP contribution >= 0.6 is 15.9 Å². The molecule has 1 atom stereocenters. The van der Waals surface area contributed by atoms with Crippen molar-refractivity contribution in [3.63, 3.8) is 0 Å². The van der Waals surface area contributed by atoms with Gasteiger partial charge in [-0.1, -0.05) is 0 Å². The highest BCUT2D eigenvalue weighted by Gasteiger charge is 2.15. The largest absolute Gasteiger partial charge is 0.337 e. The highest BCUT2D eigenvalue weighted by Crippen LogP contribution is 2.13. The maximum absolute atomic E-state index is 4.33. The Kier molecular flexibility index (Phi) is 5.15. The summed E-state index contributed by atoms with van der Waals surface area (Å²) >= 11 is 3.34. The summed E-state index contributed by atoms with van der Waals surface area (Å²) in [5, 5.41) is 0. The lowest BCUT2D eigenvalue weighted by Gasteiger charge is -2.29. The average Bonchev–Trinajstić information content (AvgIpc) is 2.21. The first-order valence-corrected chi connectivity index (χ1v) is 6.22. The molecule has 4 nitrogen and oxygen atoms in total. The van der Waals surface area contributed by atoms with Crippen LogP contribution in [0.4, 0.5) is 5.95 Å². The van der Waals surface area contributed by atoms with Crippen LogP contribution in [-0.2, 0) is 0 Å². The Morgan fingerprint density at radius 3 is 2.31 bits per heavy atom. The minimum absolute atomic E-state index is 0.404. The second-order valence-electron chi connectivity index (χ2n) is 4.10. The molecule has 0 radical (unpaired) electrons. The summed E-state index contributed by atoms with van der Waals surface area (Å²) in [4.78, 5) is 13.0. The summed E-state index contributed by atoms with van der Waals surface area (Å²) in [6.07, 6.45) is 3.57. The Labute approximate surface area is 106 Å². The van der Waals surface area contributed by atoms with Gasteiger partial charge >= 0.3 is 0 Å². The van der Waals surface area contributed by atoms with Crippen molar-refractivity contribution >= 4 is 21.9 Å². The van der Waals surface area contributed by atoms with Gasteiger partial charge in [0.25, 0.3) is 0 Å². The molecule has 5 heteroatoms. The maximum atomic E-state index is 4.33. The zero-order valence-corrected chi connectivity index (χ0v) is 11.9. The molecule has 1 aromatic heterocycles. The van der Waals surface area contributed by atoms with Crippen molar-refractivity contribution < 1.29 is 0 Å². The molecule has 0 aliphatic carbocycles. The van der Waals surface area contributed by atoms with Crippen LogP contribution in [0.1, 0.15) is 13.8 Å². The Morgan fingerprint density at radius 2 is 1.88 bits per heavy atom. The quantitative estimate of drug-likeness (QED) is 0.829. The Hall–Kier alpha value is -0.680. The predicted octanol–water partition coefficient (Wildman–Crippen LogP) is 2.02. The summed E-state index contributed by atoms with van der Waals surface area (Å²) in [5.74, 6) is 0.792. The molecular formula is C11H19BrN4. The molecule has 1 heterocycles. The van der Waals surface area contributed by atoms with Gasteiger partial charge in [0, 0.05) is 31.5 Å². The van der Waals surface area contributed by atoms with Crippen LogP contribution in [0.3, 0.4) is 0 Å². The zero-order chi connectivity index (χ0) is 12.1. The van der Waals surface area contributed by atoms with Gasteiger partial charge in [0.1, 0.15) is 0 Å². The van der Waals surface area contributed by atoms with Crippen LogP contribution < -0.4 is 4.90 Å². The van der Waals surface area contributed by atoms with E-state index in [4.69, 9.17) is 0 Å². The second-order valence-corrected chi connectivity index (χ2v) is 5.01. The van der Waals surface area contributed by atoms with Crippen LogP contribution in [0.25, 0.3) is 0 Å². The van der Waals surface area contributed by atoms with Crippen LogP contribution in [0.15, 0.2) is 16.9 Å². The van der Waals surface area contributed by atoms with E-state index in [2.05, 4.69) is 63.6 Å². The Bertz CT molecular complexity index is 312. The van der Waals surface area contributed by atoms with E-state index in [-0.39, 0.29) is 0 Å². The topological polar surface area (TPSA) is 32.3 Å². The number of halogens is 1. The van der Waals surface area contributed by atoms with E-state index in [1.807, 2.05) is 0 Å². The van der Waals surface area contributed by atoms with E-state index in [9.17, 15) is 0 Å². The molecule has 0 saturated heterocycles. The standard InChI is InChI=1S/C11H19BrN4/c1-5-16(9(2)8-15(3)4)11-13-6-10(12)7-14-11/h6-7,9H,5,8H2,1-4H3. The molecule has 1 unspecified atom stereocenters. The first-order chi connectivity index (χ1) is 7.54. The van der Waals surface area contributed by atoms with Gasteiger partial charge < -0.3 is 9.80 Å². The van der Waals surface area contributed by atoms with Crippen molar-refractivity contribution in [3.8, 4) is 0 Å². The highest BCUT2D eigenvalue weighted by atomic mass is 79.9. The predicted molar refractivity (Wildman–Crippen MR) is 70.8 cm³/mol. The number of likely N-dealkylation sites (N-methyl/N-ethyl adjacent to an activating group) is 2. The van der Waals surface area contributed by atoms with Crippen LogP contribution in [-0.4, -0.2) is 48.1 Å². The molecule has 0 aliphatic rings. The molecule has 0 spiro atoms. The van der Waals surface area contributed by atoms with Gasteiger partial charge in [-0.05, 0) is 43.9 Å². The lowest BCUT2D eigenvalue weighted by molar-refractivity contribution is 0.371. The van der Waals surface area contributed by atoms with Crippen molar-refractivity contribution in [2.45, 2.75) is 19.9 Å². The van der Waals surface area contributed by atoms with Crippen molar-refractivity contribution in [3.05, 3.63) is 16.9 Å². The highest BCUT2D eigenvalue weighted by molar-refractivity contribution is 9.10. The van der Waals surface area contributed by atoms with E-state index < -0.39 is 0 Å². The first-order valence-electron chi connectivity index (χ1n) is 5.43. The monoisotopic (exact) mass is 286 g/mol. The normalized spacial score (nSPS) is 12.9. The smallest absolute Gasteiger partial charge is 0.225 e. The number of anilines is 1. The van der Waals surface area contributed by atoms with Crippen LogP contribution in [0.5, 0.6) is 0 Å². The van der Waals surface area contributed by atoms with E-state index >= 15 is 0 Å². The van der Waals surface area contributed by atoms with E-state index in [0.717, 1.165) is 23.5 Å². The van der Waals surface area contributed by atoms with Crippen molar-refractivity contribution in [2.75, 3.05) is 32.1 Å².